The van der Waals surface area contributed by atoms with Crippen LogP contribution in [0.1, 0.15) is 39.0 Å². The van der Waals surface area contributed by atoms with Gasteiger partial charge in [0, 0.05) is 12.6 Å². The van der Waals surface area contributed by atoms with Crippen LogP contribution in [0.25, 0.3) is 0 Å². The van der Waals surface area contributed by atoms with Crippen LogP contribution in [0, 0.1) is 17.2 Å². The van der Waals surface area contributed by atoms with E-state index < -0.39 is 0 Å². The van der Waals surface area contributed by atoms with Crippen molar-refractivity contribution in [2.45, 2.75) is 45.1 Å². The lowest BCUT2D eigenvalue weighted by Crippen LogP contribution is -2.36. The SMILES string of the molecule is CCC(CC#N)N(C)CC1CCC1. The molecule has 1 aliphatic rings. The van der Waals surface area contributed by atoms with E-state index >= 15 is 0 Å². The molecule has 0 aliphatic heterocycles. The molecule has 0 radical (unpaired) electrons. The number of hydrogen-bond acceptors (Lipinski definition) is 2. The number of nitriles is 1. The predicted molar refractivity (Wildman–Crippen MR) is 54.3 cm³/mol. The Bertz CT molecular complexity index is 179. The van der Waals surface area contributed by atoms with Gasteiger partial charge in [0.15, 0.2) is 0 Å². The van der Waals surface area contributed by atoms with Gasteiger partial charge in [-0.2, -0.15) is 5.26 Å². The standard InChI is InChI=1S/C11H20N2/c1-3-11(7-8-12)13(2)9-10-5-4-6-10/h10-11H,3-7,9H2,1-2H3. The van der Waals surface area contributed by atoms with Crippen LogP contribution in [0.2, 0.25) is 0 Å². The first-order chi connectivity index (χ1) is 6.27. The molecule has 2 nitrogen and oxygen atoms in total. The fourth-order valence-electron chi connectivity index (χ4n) is 1.95. The topological polar surface area (TPSA) is 27.0 Å². The third-order valence-corrected chi connectivity index (χ3v) is 3.19. The molecule has 13 heavy (non-hydrogen) atoms. The number of rotatable bonds is 5. The maximum atomic E-state index is 8.65. The first-order valence-corrected chi connectivity index (χ1v) is 5.35. The Kier molecular flexibility index (Phi) is 4.24. The zero-order valence-corrected chi connectivity index (χ0v) is 8.79. The maximum absolute atomic E-state index is 8.65. The maximum Gasteiger partial charge on any atom is 0.0638 e. The van der Waals surface area contributed by atoms with Crippen molar-refractivity contribution < 1.29 is 0 Å². The first-order valence-electron chi connectivity index (χ1n) is 5.35. The van der Waals surface area contributed by atoms with Crippen LogP contribution >= 0.6 is 0 Å². The molecule has 1 atom stereocenters. The summed E-state index contributed by atoms with van der Waals surface area (Å²) >= 11 is 0. The van der Waals surface area contributed by atoms with E-state index in [1.165, 1.54) is 25.8 Å². The highest BCUT2D eigenvalue weighted by atomic mass is 15.1. The summed E-state index contributed by atoms with van der Waals surface area (Å²) in [6.07, 6.45) is 5.98. The van der Waals surface area contributed by atoms with Gasteiger partial charge in [-0.15, -0.1) is 0 Å². The van der Waals surface area contributed by atoms with E-state index in [0.717, 1.165) is 12.3 Å². The van der Waals surface area contributed by atoms with Gasteiger partial charge >= 0.3 is 0 Å². The van der Waals surface area contributed by atoms with Gasteiger partial charge in [0.25, 0.3) is 0 Å². The van der Waals surface area contributed by atoms with Crippen LogP contribution < -0.4 is 0 Å². The second-order valence-corrected chi connectivity index (χ2v) is 4.16. The van der Waals surface area contributed by atoms with E-state index in [1.807, 2.05) is 0 Å². The molecule has 74 valence electrons. The molecule has 0 saturated heterocycles. The quantitative estimate of drug-likeness (QED) is 0.649. The molecule has 1 aliphatic carbocycles. The lowest BCUT2D eigenvalue weighted by Gasteiger charge is -2.33. The van der Waals surface area contributed by atoms with Crippen molar-refractivity contribution in [2.24, 2.45) is 5.92 Å². The molecule has 1 saturated carbocycles. The predicted octanol–water partition coefficient (Wildman–Crippen LogP) is 2.41. The van der Waals surface area contributed by atoms with Gasteiger partial charge in [-0.1, -0.05) is 13.3 Å². The fraction of sp³-hybridized carbons (Fsp3) is 0.909. The Hall–Kier alpha value is -0.550. The highest BCUT2D eigenvalue weighted by Gasteiger charge is 2.21. The van der Waals surface area contributed by atoms with Crippen LogP contribution in [-0.2, 0) is 0 Å². The molecule has 0 heterocycles. The van der Waals surface area contributed by atoms with Crippen molar-refractivity contribution in [3.05, 3.63) is 0 Å². The van der Waals surface area contributed by atoms with Crippen LogP contribution in [0.3, 0.4) is 0 Å². The molecule has 0 aromatic heterocycles. The molecule has 1 rings (SSSR count). The molecular weight excluding hydrogens is 160 g/mol. The normalized spacial score (nSPS) is 19.5. The molecule has 0 N–H and O–H groups in total. The Morgan fingerprint density at radius 3 is 2.62 bits per heavy atom. The van der Waals surface area contributed by atoms with Gasteiger partial charge in [-0.05, 0) is 32.2 Å². The van der Waals surface area contributed by atoms with E-state index in [1.54, 1.807) is 0 Å². The monoisotopic (exact) mass is 180 g/mol. The summed E-state index contributed by atoms with van der Waals surface area (Å²) in [6.45, 7) is 3.36. The van der Waals surface area contributed by atoms with Crippen LogP contribution in [0.5, 0.6) is 0 Å². The molecule has 0 aromatic rings. The zero-order chi connectivity index (χ0) is 9.68. The largest absolute Gasteiger partial charge is 0.302 e. The summed E-state index contributed by atoms with van der Waals surface area (Å²) in [4.78, 5) is 2.37. The highest BCUT2D eigenvalue weighted by molar-refractivity contribution is 4.82. The first kappa shape index (κ1) is 10.5. The van der Waals surface area contributed by atoms with E-state index in [-0.39, 0.29) is 0 Å². The lowest BCUT2D eigenvalue weighted by molar-refractivity contribution is 0.160. The molecule has 0 spiro atoms. The summed E-state index contributed by atoms with van der Waals surface area (Å²) in [5, 5.41) is 8.65. The average molecular weight is 180 g/mol. The van der Waals surface area contributed by atoms with Crippen LogP contribution in [-0.4, -0.2) is 24.5 Å². The van der Waals surface area contributed by atoms with Crippen LogP contribution in [0.4, 0.5) is 0 Å². The van der Waals surface area contributed by atoms with Crippen molar-refractivity contribution in [1.82, 2.24) is 4.90 Å². The minimum absolute atomic E-state index is 0.477. The molecule has 1 fully saturated rings. The average Bonchev–Trinajstić information content (AvgIpc) is 2.07. The highest BCUT2D eigenvalue weighted by Crippen LogP contribution is 2.27. The van der Waals surface area contributed by atoms with Gasteiger partial charge in [0.2, 0.25) is 0 Å². The summed E-state index contributed by atoms with van der Waals surface area (Å²) < 4.78 is 0. The van der Waals surface area contributed by atoms with Crippen molar-refractivity contribution >= 4 is 0 Å². The van der Waals surface area contributed by atoms with Crippen LogP contribution in [0.15, 0.2) is 0 Å². The third-order valence-electron chi connectivity index (χ3n) is 3.19. The number of nitrogens with zero attached hydrogens (tertiary/aromatic N) is 2. The Labute approximate surface area is 81.5 Å². The third kappa shape index (κ3) is 3.00. The van der Waals surface area contributed by atoms with E-state index in [9.17, 15) is 0 Å². The van der Waals surface area contributed by atoms with Crippen molar-refractivity contribution in [2.75, 3.05) is 13.6 Å². The van der Waals surface area contributed by atoms with Gasteiger partial charge in [-0.25, -0.2) is 0 Å². The minimum atomic E-state index is 0.477. The molecular formula is C11H20N2. The second-order valence-electron chi connectivity index (χ2n) is 4.16. The number of hydrogen-bond donors (Lipinski definition) is 0. The Morgan fingerprint density at radius 1 is 1.54 bits per heavy atom. The summed E-state index contributed by atoms with van der Waals surface area (Å²) in [6, 6.07) is 2.74. The van der Waals surface area contributed by atoms with E-state index in [4.69, 9.17) is 5.26 Å². The summed E-state index contributed by atoms with van der Waals surface area (Å²) in [5.74, 6) is 0.915. The second kappa shape index (κ2) is 5.24. The van der Waals surface area contributed by atoms with Gasteiger partial charge in [-0.3, -0.25) is 0 Å². The molecule has 1 unspecified atom stereocenters. The summed E-state index contributed by atoms with van der Waals surface area (Å²) in [7, 11) is 2.16. The van der Waals surface area contributed by atoms with E-state index in [0.29, 0.717) is 12.5 Å². The molecule has 0 bridgehead atoms. The summed E-state index contributed by atoms with van der Waals surface area (Å²) in [5.41, 5.74) is 0. The molecule has 0 aromatic carbocycles. The van der Waals surface area contributed by atoms with Crippen molar-refractivity contribution in [1.29, 1.82) is 5.26 Å². The van der Waals surface area contributed by atoms with Gasteiger partial charge in [0.05, 0.1) is 12.5 Å². The fourth-order valence-corrected chi connectivity index (χ4v) is 1.95. The minimum Gasteiger partial charge on any atom is -0.302 e. The van der Waals surface area contributed by atoms with Gasteiger partial charge in [0.1, 0.15) is 0 Å². The zero-order valence-electron chi connectivity index (χ0n) is 8.79. The molecule has 2 heteroatoms. The van der Waals surface area contributed by atoms with Crippen molar-refractivity contribution in [3.8, 4) is 6.07 Å². The Morgan fingerprint density at radius 2 is 2.23 bits per heavy atom. The molecule has 0 amide bonds. The Balaban J connectivity index is 2.25. The van der Waals surface area contributed by atoms with E-state index in [2.05, 4.69) is 24.9 Å². The lowest BCUT2D eigenvalue weighted by atomic mass is 9.85. The van der Waals surface area contributed by atoms with Gasteiger partial charge < -0.3 is 4.90 Å². The smallest absolute Gasteiger partial charge is 0.0638 e. The van der Waals surface area contributed by atoms with Crippen molar-refractivity contribution in [3.63, 3.8) is 0 Å².